The van der Waals surface area contributed by atoms with E-state index in [-0.39, 0.29) is 28.4 Å². The second-order valence-electron chi connectivity index (χ2n) is 8.79. The summed E-state index contributed by atoms with van der Waals surface area (Å²) >= 11 is 1.13. The molecule has 11 heteroatoms. The van der Waals surface area contributed by atoms with E-state index in [9.17, 15) is 18.8 Å². The number of aldehydes is 1. The average Bonchev–Trinajstić information content (AvgIpc) is 3.55. The van der Waals surface area contributed by atoms with Crippen molar-refractivity contribution in [3.8, 4) is 11.3 Å². The third-order valence-corrected chi connectivity index (χ3v) is 6.80. The highest BCUT2D eigenvalue weighted by atomic mass is 32.1. The number of thiazole rings is 1. The van der Waals surface area contributed by atoms with Crippen LogP contribution in [0.1, 0.15) is 40.1 Å². The summed E-state index contributed by atoms with van der Waals surface area (Å²) < 4.78 is 27.0. The van der Waals surface area contributed by atoms with E-state index in [2.05, 4.69) is 22.2 Å². The number of nitrogens with one attached hydrogen (secondary N) is 2. The maximum absolute atomic E-state index is 14.4. The van der Waals surface area contributed by atoms with Crippen LogP contribution in [0.25, 0.3) is 17.3 Å². The molecule has 0 unspecified atom stereocenters. The van der Waals surface area contributed by atoms with Gasteiger partial charge in [0, 0.05) is 41.1 Å². The maximum Gasteiger partial charge on any atom is 0.253 e. The molecule has 9 nitrogen and oxygen atoms in total. The highest BCUT2D eigenvalue weighted by Crippen LogP contribution is 2.29. The third kappa shape index (κ3) is 5.68. The largest absolute Gasteiger partial charge is 0.379 e. The Bertz CT molecular complexity index is 1330. The van der Waals surface area contributed by atoms with Crippen LogP contribution in [0.4, 0.5) is 9.52 Å². The minimum absolute atomic E-state index is 0.0323. The highest BCUT2D eigenvalue weighted by Gasteiger charge is 2.35. The van der Waals surface area contributed by atoms with Gasteiger partial charge in [0.25, 0.3) is 11.8 Å². The topological polar surface area (TPSA) is 112 Å². The van der Waals surface area contributed by atoms with E-state index in [0.717, 1.165) is 11.3 Å². The summed E-state index contributed by atoms with van der Waals surface area (Å²) in [5.74, 6) is -1.52. The normalized spacial score (nSPS) is 14.9. The van der Waals surface area contributed by atoms with Crippen molar-refractivity contribution < 1.29 is 28.2 Å². The summed E-state index contributed by atoms with van der Waals surface area (Å²) in [6.45, 7) is 8.81. The Balaban J connectivity index is 1.46. The van der Waals surface area contributed by atoms with Crippen LogP contribution in [0.2, 0.25) is 0 Å². The van der Waals surface area contributed by atoms with Crippen molar-refractivity contribution in [2.75, 3.05) is 31.7 Å². The van der Waals surface area contributed by atoms with Gasteiger partial charge in [-0.3, -0.25) is 14.4 Å². The number of hydrogen-bond acceptors (Lipinski definition) is 7. The first kappa shape index (κ1) is 26.4. The molecule has 1 aliphatic rings. The number of nitrogens with zero attached hydrogens (tertiary/aromatic N) is 2. The fourth-order valence-corrected chi connectivity index (χ4v) is 4.55. The third-order valence-electron chi connectivity index (χ3n) is 6.04. The zero-order chi connectivity index (χ0) is 26.6. The van der Waals surface area contributed by atoms with Gasteiger partial charge in [-0.15, -0.1) is 11.3 Å². The minimum atomic E-state index is -0.975. The van der Waals surface area contributed by atoms with E-state index >= 15 is 0 Å². The Kier molecular flexibility index (Phi) is 7.96. The van der Waals surface area contributed by atoms with Gasteiger partial charge in [0.05, 0.1) is 36.6 Å². The second-order valence-corrected chi connectivity index (χ2v) is 9.65. The number of anilines is 1. The van der Waals surface area contributed by atoms with Gasteiger partial charge in [-0.25, -0.2) is 9.37 Å². The molecule has 3 aromatic rings. The Hall–Kier alpha value is -3.67. The molecule has 2 N–H and O–H groups in total. The molecule has 0 aliphatic carbocycles. The number of rotatable bonds is 11. The van der Waals surface area contributed by atoms with Crippen molar-refractivity contribution in [1.82, 2.24) is 14.9 Å². The quantitative estimate of drug-likeness (QED) is 0.369. The van der Waals surface area contributed by atoms with Crippen LogP contribution in [-0.4, -0.2) is 60.1 Å². The number of aromatic nitrogens is 2. The van der Waals surface area contributed by atoms with Gasteiger partial charge >= 0.3 is 0 Å². The molecule has 194 valence electrons. The van der Waals surface area contributed by atoms with E-state index < -0.39 is 23.7 Å². The standard InChI is InChI=1S/C26H27FN4O5S/c1-4-19-18(11-32)8-17(9-20(19)27)22-13-37-25(29-22)30-24(34)21(12-35-5-2)28-23(33)16-6-7-31(10-16)26(3)14-36-15-26/h4,6-11,13,21H,1,5,12,14-15H2,2-3H3,(H,28,33)(H,29,30,34)/t21-/m0/s1. The molecular weight excluding hydrogens is 499 g/mol. The number of ether oxygens (including phenoxy) is 2. The lowest BCUT2D eigenvalue weighted by Crippen LogP contribution is -2.48. The highest BCUT2D eigenvalue weighted by molar-refractivity contribution is 7.14. The number of carbonyl (C=O) groups excluding carboxylic acids is 3. The summed E-state index contributed by atoms with van der Waals surface area (Å²) in [5.41, 5.74) is 1.26. The van der Waals surface area contributed by atoms with E-state index in [1.54, 1.807) is 24.6 Å². The van der Waals surface area contributed by atoms with Crippen LogP contribution in [-0.2, 0) is 19.8 Å². The molecule has 2 amide bonds. The van der Waals surface area contributed by atoms with Crippen molar-refractivity contribution in [3.05, 3.63) is 65.1 Å². The maximum atomic E-state index is 14.4. The Morgan fingerprint density at radius 3 is 2.84 bits per heavy atom. The number of benzene rings is 1. The van der Waals surface area contributed by atoms with E-state index in [4.69, 9.17) is 9.47 Å². The molecule has 1 fully saturated rings. The molecule has 0 radical (unpaired) electrons. The summed E-state index contributed by atoms with van der Waals surface area (Å²) in [7, 11) is 0. The van der Waals surface area contributed by atoms with Gasteiger partial charge in [0.1, 0.15) is 11.9 Å². The van der Waals surface area contributed by atoms with Crippen molar-refractivity contribution in [1.29, 1.82) is 0 Å². The van der Waals surface area contributed by atoms with Gasteiger partial charge in [0.2, 0.25) is 0 Å². The first-order chi connectivity index (χ1) is 17.8. The molecule has 2 aromatic heterocycles. The van der Waals surface area contributed by atoms with Gasteiger partial charge in [-0.2, -0.15) is 0 Å². The Labute approximate surface area is 217 Å². The summed E-state index contributed by atoms with van der Waals surface area (Å²) in [5, 5.41) is 7.29. The molecule has 4 rings (SSSR count). The summed E-state index contributed by atoms with van der Waals surface area (Å²) in [6, 6.07) is 3.47. The average molecular weight is 527 g/mol. The predicted molar refractivity (Wildman–Crippen MR) is 138 cm³/mol. The zero-order valence-corrected chi connectivity index (χ0v) is 21.3. The monoisotopic (exact) mass is 526 g/mol. The molecule has 0 spiro atoms. The molecular formula is C26H27FN4O5S. The molecule has 3 heterocycles. The SMILES string of the molecule is C=Cc1c(F)cc(-c2csc(NC(=O)[C@H](COCC)NC(=O)c3ccn(C4(C)COC4)c3)n2)cc1C=O. The van der Waals surface area contributed by atoms with Crippen LogP contribution >= 0.6 is 11.3 Å². The lowest BCUT2D eigenvalue weighted by Gasteiger charge is -2.39. The molecule has 1 aromatic carbocycles. The van der Waals surface area contributed by atoms with Crippen molar-refractivity contribution in [3.63, 3.8) is 0 Å². The first-order valence-corrected chi connectivity index (χ1v) is 12.5. The van der Waals surface area contributed by atoms with Gasteiger partial charge in [-0.1, -0.05) is 12.7 Å². The number of amides is 2. The zero-order valence-electron chi connectivity index (χ0n) is 20.5. The van der Waals surface area contributed by atoms with Gasteiger partial charge in [0.15, 0.2) is 11.4 Å². The molecule has 0 saturated carbocycles. The molecule has 1 atom stereocenters. The minimum Gasteiger partial charge on any atom is -0.379 e. The van der Waals surface area contributed by atoms with Gasteiger partial charge in [-0.05, 0) is 32.0 Å². The molecule has 1 aliphatic heterocycles. The molecule has 0 bridgehead atoms. The fourth-order valence-electron chi connectivity index (χ4n) is 3.83. The van der Waals surface area contributed by atoms with Crippen LogP contribution in [0.15, 0.2) is 42.6 Å². The summed E-state index contributed by atoms with van der Waals surface area (Å²) in [6.07, 6.45) is 5.37. The van der Waals surface area contributed by atoms with E-state index in [0.29, 0.717) is 42.9 Å². The smallest absolute Gasteiger partial charge is 0.253 e. The molecule has 37 heavy (non-hydrogen) atoms. The van der Waals surface area contributed by atoms with Crippen LogP contribution in [0.3, 0.4) is 0 Å². The lowest BCUT2D eigenvalue weighted by molar-refractivity contribution is -0.119. The van der Waals surface area contributed by atoms with Crippen LogP contribution in [0.5, 0.6) is 0 Å². The van der Waals surface area contributed by atoms with Crippen molar-refractivity contribution in [2.45, 2.75) is 25.4 Å². The molecule has 1 saturated heterocycles. The predicted octanol–water partition coefficient (Wildman–Crippen LogP) is 3.73. The van der Waals surface area contributed by atoms with Crippen molar-refractivity contribution in [2.24, 2.45) is 0 Å². The number of carbonyl (C=O) groups is 3. The van der Waals surface area contributed by atoms with Crippen molar-refractivity contribution >= 4 is 40.6 Å². The Morgan fingerprint density at radius 1 is 1.41 bits per heavy atom. The first-order valence-electron chi connectivity index (χ1n) is 11.6. The number of hydrogen-bond donors (Lipinski definition) is 2. The van der Waals surface area contributed by atoms with Gasteiger partial charge < -0.3 is 24.7 Å². The Morgan fingerprint density at radius 2 is 2.19 bits per heavy atom. The van der Waals surface area contributed by atoms with E-state index in [1.807, 2.05) is 17.7 Å². The lowest BCUT2D eigenvalue weighted by atomic mass is 10.0. The van der Waals surface area contributed by atoms with Crippen LogP contribution < -0.4 is 10.6 Å². The fraction of sp³-hybridized carbons (Fsp3) is 0.308. The number of halogens is 1. The van der Waals surface area contributed by atoms with Crippen LogP contribution in [0, 0.1) is 5.82 Å². The van der Waals surface area contributed by atoms with E-state index in [1.165, 1.54) is 18.2 Å². The summed E-state index contributed by atoms with van der Waals surface area (Å²) in [4.78, 5) is 41.6. The second kappa shape index (κ2) is 11.2.